The highest BCUT2D eigenvalue weighted by Crippen LogP contribution is 2.32. The first-order valence-corrected chi connectivity index (χ1v) is 5.45. The van der Waals surface area contributed by atoms with Crippen molar-refractivity contribution >= 4 is 0 Å². The van der Waals surface area contributed by atoms with Crippen LogP contribution in [0, 0.1) is 11.6 Å². The third-order valence-corrected chi connectivity index (χ3v) is 2.91. The zero-order valence-corrected chi connectivity index (χ0v) is 9.21. The molecule has 88 valence electrons. The Morgan fingerprint density at radius 3 is 2.31 bits per heavy atom. The lowest BCUT2D eigenvalue weighted by Gasteiger charge is -2.46. The normalized spacial score (nSPS) is 19.5. The molecule has 0 aliphatic carbocycles. The number of hydrogen-bond donors (Lipinski definition) is 1. The molecule has 4 heteroatoms. The lowest BCUT2D eigenvalue weighted by atomic mass is 9.86. The van der Waals surface area contributed by atoms with Crippen molar-refractivity contribution in [1.29, 1.82) is 0 Å². The molecule has 0 unspecified atom stereocenters. The van der Waals surface area contributed by atoms with E-state index < -0.39 is 17.2 Å². The predicted molar refractivity (Wildman–Crippen MR) is 57.0 cm³/mol. The van der Waals surface area contributed by atoms with E-state index in [2.05, 4.69) is 11.8 Å². The van der Waals surface area contributed by atoms with Crippen molar-refractivity contribution in [3.05, 3.63) is 35.4 Å². The summed E-state index contributed by atoms with van der Waals surface area (Å²) < 4.78 is 26.0. The second kappa shape index (κ2) is 4.11. The topological polar surface area (TPSA) is 23.5 Å². The Bertz CT molecular complexity index is 368. The van der Waals surface area contributed by atoms with Crippen LogP contribution in [0.3, 0.4) is 0 Å². The first kappa shape index (κ1) is 11.5. The van der Waals surface area contributed by atoms with Crippen molar-refractivity contribution in [2.75, 3.05) is 19.6 Å². The number of halogens is 2. The van der Waals surface area contributed by atoms with E-state index in [9.17, 15) is 13.9 Å². The molecule has 0 aromatic heterocycles. The summed E-state index contributed by atoms with van der Waals surface area (Å²) in [4.78, 5) is 2.06. The minimum absolute atomic E-state index is 0.331. The van der Waals surface area contributed by atoms with Crippen molar-refractivity contribution in [1.82, 2.24) is 4.90 Å². The predicted octanol–water partition coefficient (Wildman–Crippen LogP) is 1.88. The summed E-state index contributed by atoms with van der Waals surface area (Å²) in [6.07, 6.45) is 1.01. The SMILES string of the molecule is CCCN1CC(O)(c2cc(F)cc(F)c2)C1. The van der Waals surface area contributed by atoms with E-state index in [1.165, 1.54) is 12.1 Å². The summed E-state index contributed by atoms with van der Waals surface area (Å²) in [7, 11) is 0. The van der Waals surface area contributed by atoms with Crippen LogP contribution in [0.4, 0.5) is 8.78 Å². The van der Waals surface area contributed by atoms with E-state index in [1.54, 1.807) is 0 Å². The fourth-order valence-electron chi connectivity index (χ4n) is 2.17. The number of rotatable bonds is 3. The maximum atomic E-state index is 13.0. The lowest BCUT2D eigenvalue weighted by Crippen LogP contribution is -2.59. The van der Waals surface area contributed by atoms with Gasteiger partial charge in [-0.1, -0.05) is 6.92 Å². The van der Waals surface area contributed by atoms with Crippen LogP contribution in [-0.2, 0) is 5.60 Å². The molecule has 0 bridgehead atoms. The van der Waals surface area contributed by atoms with Gasteiger partial charge in [0.1, 0.15) is 17.2 Å². The summed E-state index contributed by atoms with van der Waals surface area (Å²) in [6.45, 7) is 3.85. The van der Waals surface area contributed by atoms with Crippen molar-refractivity contribution in [2.24, 2.45) is 0 Å². The number of aliphatic hydroxyl groups is 1. The summed E-state index contributed by atoms with van der Waals surface area (Å²) in [5.41, 5.74) is -0.754. The molecule has 2 nitrogen and oxygen atoms in total. The molecule has 1 aliphatic heterocycles. The highest BCUT2D eigenvalue weighted by Gasteiger charge is 2.42. The quantitative estimate of drug-likeness (QED) is 0.852. The molecule has 0 spiro atoms. The molecular formula is C12H15F2NO. The Morgan fingerprint density at radius 1 is 1.25 bits per heavy atom. The number of β-amino-alcohol motifs (C(OH)–C–C–N with tert-alkyl or cyclic N) is 1. The third kappa shape index (κ3) is 2.08. The van der Waals surface area contributed by atoms with Gasteiger partial charge >= 0.3 is 0 Å². The Kier molecular flexibility index (Phi) is 2.95. The molecule has 0 radical (unpaired) electrons. The van der Waals surface area contributed by atoms with Gasteiger partial charge in [0.15, 0.2) is 0 Å². The van der Waals surface area contributed by atoms with Crippen molar-refractivity contribution in [2.45, 2.75) is 18.9 Å². The van der Waals surface area contributed by atoms with Crippen molar-refractivity contribution < 1.29 is 13.9 Å². The molecule has 0 atom stereocenters. The van der Waals surface area contributed by atoms with Crippen LogP contribution in [-0.4, -0.2) is 29.6 Å². The van der Waals surface area contributed by atoms with Crippen molar-refractivity contribution in [3.8, 4) is 0 Å². The van der Waals surface area contributed by atoms with Crippen molar-refractivity contribution in [3.63, 3.8) is 0 Å². The molecule has 1 aromatic carbocycles. The summed E-state index contributed by atoms with van der Waals surface area (Å²) in [5.74, 6) is -1.28. The highest BCUT2D eigenvalue weighted by atomic mass is 19.1. The highest BCUT2D eigenvalue weighted by molar-refractivity contribution is 5.27. The number of hydrogen-bond acceptors (Lipinski definition) is 2. The Morgan fingerprint density at radius 2 is 1.81 bits per heavy atom. The average molecular weight is 227 g/mol. The van der Waals surface area contributed by atoms with Crippen LogP contribution >= 0.6 is 0 Å². The number of nitrogens with zero attached hydrogens (tertiary/aromatic N) is 1. The first-order chi connectivity index (χ1) is 7.53. The lowest BCUT2D eigenvalue weighted by molar-refractivity contribution is -0.104. The first-order valence-electron chi connectivity index (χ1n) is 5.45. The van der Waals surface area contributed by atoms with Gasteiger partial charge in [-0.15, -0.1) is 0 Å². The molecule has 2 rings (SSSR count). The summed E-state index contributed by atoms with van der Waals surface area (Å²) >= 11 is 0. The van der Waals surface area contributed by atoms with Crippen LogP contribution in [0.25, 0.3) is 0 Å². The molecule has 1 saturated heterocycles. The molecule has 0 saturated carbocycles. The second-order valence-electron chi connectivity index (χ2n) is 4.40. The van der Waals surface area contributed by atoms with Gasteiger partial charge in [0.25, 0.3) is 0 Å². The average Bonchev–Trinajstić information content (AvgIpc) is 2.14. The summed E-state index contributed by atoms with van der Waals surface area (Å²) in [5, 5.41) is 10.2. The maximum absolute atomic E-state index is 13.0. The Balaban J connectivity index is 2.13. The molecule has 1 heterocycles. The Hall–Kier alpha value is -1.00. The van der Waals surface area contributed by atoms with Gasteiger partial charge in [0.2, 0.25) is 0 Å². The third-order valence-electron chi connectivity index (χ3n) is 2.91. The van der Waals surface area contributed by atoms with Gasteiger partial charge in [0.05, 0.1) is 0 Å². The monoisotopic (exact) mass is 227 g/mol. The smallest absolute Gasteiger partial charge is 0.126 e. The van der Waals surface area contributed by atoms with E-state index in [0.717, 1.165) is 19.0 Å². The van der Waals surface area contributed by atoms with Gasteiger partial charge in [-0.05, 0) is 30.7 Å². The fraction of sp³-hybridized carbons (Fsp3) is 0.500. The van der Waals surface area contributed by atoms with Crippen LogP contribution in [0.1, 0.15) is 18.9 Å². The van der Waals surface area contributed by atoms with Crippen LogP contribution in [0.5, 0.6) is 0 Å². The van der Waals surface area contributed by atoms with Crippen LogP contribution in [0.15, 0.2) is 18.2 Å². The summed E-state index contributed by atoms with van der Waals surface area (Å²) in [6, 6.07) is 3.22. The molecular weight excluding hydrogens is 212 g/mol. The molecule has 1 aliphatic rings. The van der Waals surface area contributed by atoms with Gasteiger partial charge in [0, 0.05) is 19.2 Å². The molecule has 16 heavy (non-hydrogen) atoms. The molecule has 1 fully saturated rings. The molecule has 1 N–H and O–H groups in total. The van der Waals surface area contributed by atoms with Gasteiger partial charge in [-0.2, -0.15) is 0 Å². The van der Waals surface area contributed by atoms with Gasteiger partial charge < -0.3 is 5.11 Å². The molecule has 0 amide bonds. The van der Waals surface area contributed by atoms with Crippen LogP contribution < -0.4 is 0 Å². The number of likely N-dealkylation sites (tertiary alicyclic amines) is 1. The fourth-order valence-corrected chi connectivity index (χ4v) is 2.17. The van der Waals surface area contributed by atoms with E-state index in [4.69, 9.17) is 0 Å². The maximum Gasteiger partial charge on any atom is 0.126 e. The zero-order valence-electron chi connectivity index (χ0n) is 9.21. The van der Waals surface area contributed by atoms with E-state index in [1.807, 2.05) is 0 Å². The minimum Gasteiger partial charge on any atom is -0.382 e. The van der Waals surface area contributed by atoms with E-state index >= 15 is 0 Å². The van der Waals surface area contributed by atoms with Gasteiger partial charge in [-0.3, -0.25) is 4.90 Å². The van der Waals surface area contributed by atoms with E-state index in [0.29, 0.717) is 18.7 Å². The van der Waals surface area contributed by atoms with Crippen LogP contribution in [0.2, 0.25) is 0 Å². The standard InChI is InChI=1S/C12H15F2NO/c1-2-3-15-7-12(16,8-15)9-4-10(13)6-11(14)5-9/h4-6,16H,2-3,7-8H2,1H3. The zero-order chi connectivity index (χ0) is 11.8. The minimum atomic E-state index is -1.09. The second-order valence-corrected chi connectivity index (χ2v) is 4.40. The number of benzene rings is 1. The largest absolute Gasteiger partial charge is 0.382 e. The van der Waals surface area contributed by atoms with Gasteiger partial charge in [-0.25, -0.2) is 8.78 Å². The molecule has 1 aromatic rings. The Labute approximate surface area is 93.5 Å². The van der Waals surface area contributed by atoms with E-state index in [-0.39, 0.29) is 0 Å².